The van der Waals surface area contributed by atoms with Gasteiger partial charge in [-0.25, -0.2) is 4.98 Å². The second-order valence-electron chi connectivity index (χ2n) is 2.82. The second-order valence-corrected chi connectivity index (χ2v) is 2.82. The molecule has 0 fully saturated rings. The highest BCUT2D eigenvalue weighted by Gasteiger charge is 2.05. The third-order valence-electron chi connectivity index (χ3n) is 1.97. The molecule has 64 valence electrons. The number of nitrogens with zero attached hydrogens (tertiary/aromatic N) is 4. The lowest BCUT2D eigenvalue weighted by Crippen LogP contribution is -1.90. The summed E-state index contributed by atoms with van der Waals surface area (Å²) in [5.41, 5.74) is 2.59. The highest BCUT2D eigenvalue weighted by molar-refractivity contribution is 5.77. The summed E-state index contributed by atoms with van der Waals surface area (Å²) in [6.07, 6.45) is 3.75. The zero-order valence-electron chi connectivity index (χ0n) is 7.23. The van der Waals surface area contributed by atoms with Gasteiger partial charge in [0, 0.05) is 13.2 Å². The van der Waals surface area contributed by atoms with Gasteiger partial charge in [0.05, 0.1) is 30.0 Å². The highest BCUT2D eigenvalue weighted by Crippen LogP contribution is 2.13. The topological polar surface area (TPSA) is 54.5 Å². The lowest BCUT2D eigenvalue weighted by Gasteiger charge is -1.96. The molecule has 13 heavy (non-hydrogen) atoms. The van der Waals surface area contributed by atoms with Gasteiger partial charge in [-0.05, 0) is 6.07 Å². The van der Waals surface area contributed by atoms with Crippen molar-refractivity contribution < 1.29 is 0 Å². The minimum atomic E-state index is 0.314. The smallest absolute Gasteiger partial charge is 0.111 e. The zero-order chi connectivity index (χ0) is 9.26. The van der Waals surface area contributed by atoms with Crippen LogP contribution in [0.4, 0.5) is 0 Å². The predicted octanol–water partition coefficient (Wildman–Crippen LogP) is 1.03. The van der Waals surface area contributed by atoms with E-state index >= 15 is 0 Å². The fraction of sp³-hybridized carbons (Fsp3) is 0.222. The molecule has 0 aliphatic rings. The van der Waals surface area contributed by atoms with E-state index in [0.717, 1.165) is 16.7 Å². The molecule has 0 bridgehead atoms. The van der Waals surface area contributed by atoms with Gasteiger partial charge in [0.1, 0.15) is 5.52 Å². The van der Waals surface area contributed by atoms with Crippen LogP contribution in [0, 0.1) is 11.3 Å². The van der Waals surface area contributed by atoms with Crippen LogP contribution >= 0.6 is 0 Å². The van der Waals surface area contributed by atoms with Crippen LogP contribution in [-0.4, -0.2) is 14.5 Å². The summed E-state index contributed by atoms with van der Waals surface area (Å²) >= 11 is 0. The van der Waals surface area contributed by atoms with Crippen molar-refractivity contribution in [3.63, 3.8) is 0 Å². The summed E-state index contributed by atoms with van der Waals surface area (Å²) in [4.78, 5) is 8.30. The maximum absolute atomic E-state index is 8.56. The molecule has 0 aliphatic carbocycles. The largest absolute Gasteiger partial charge is 0.334 e. The normalized spacial score (nSPS) is 10.2. The van der Waals surface area contributed by atoms with Crippen LogP contribution in [-0.2, 0) is 13.5 Å². The van der Waals surface area contributed by atoms with Gasteiger partial charge < -0.3 is 4.57 Å². The van der Waals surface area contributed by atoms with Crippen molar-refractivity contribution in [3.05, 3.63) is 24.3 Å². The van der Waals surface area contributed by atoms with Crippen molar-refractivity contribution >= 4 is 11.0 Å². The minimum Gasteiger partial charge on any atom is -0.334 e. The molecule has 2 rings (SSSR count). The fourth-order valence-corrected chi connectivity index (χ4v) is 1.32. The van der Waals surface area contributed by atoms with Crippen molar-refractivity contribution in [3.8, 4) is 6.07 Å². The molecule has 0 spiro atoms. The molecule has 0 saturated heterocycles. The summed E-state index contributed by atoms with van der Waals surface area (Å²) in [7, 11) is 1.92. The Kier molecular flexibility index (Phi) is 1.71. The highest BCUT2D eigenvalue weighted by atomic mass is 15.0. The summed E-state index contributed by atoms with van der Waals surface area (Å²) in [5, 5.41) is 8.56. The number of hydrogen-bond acceptors (Lipinski definition) is 3. The van der Waals surface area contributed by atoms with Gasteiger partial charge in [-0.15, -0.1) is 0 Å². The fourth-order valence-electron chi connectivity index (χ4n) is 1.32. The van der Waals surface area contributed by atoms with Crippen LogP contribution < -0.4 is 0 Å². The molecule has 0 amide bonds. The first-order valence-electron chi connectivity index (χ1n) is 3.95. The van der Waals surface area contributed by atoms with Crippen LogP contribution in [0.15, 0.2) is 18.6 Å². The van der Waals surface area contributed by atoms with Gasteiger partial charge in [-0.3, -0.25) is 4.98 Å². The number of fused-ring (bicyclic) bond motifs is 1. The van der Waals surface area contributed by atoms with Crippen LogP contribution in [0.25, 0.3) is 11.0 Å². The molecule has 0 aromatic carbocycles. The molecular formula is C9H8N4. The first-order valence-corrected chi connectivity index (χ1v) is 3.95. The van der Waals surface area contributed by atoms with Gasteiger partial charge in [0.25, 0.3) is 0 Å². The molecule has 0 aliphatic heterocycles. The van der Waals surface area contributed by atoms with Crippen LogP contribution in [0.5, 0.6) is 0 Å². The Hall–Kier alpha value is -1.89. The third kappa shape index (κ3) is 1.14. The first-order chi connectivity index (χ1) is 6.33. The Labute approximate surface area is 75.5 Å². The Morgan fingerprint density at radius 1 is 1.54 bits per heavy atom. The minimum absolute atomic E-state index is 0.314. The van der Waals surface area contributed by atoms with Gasteiger partial charge in [0.2, 0.25) is 0 Å². The predicted molar refractivity (Wildman–Crippen MR) is 47.8 cm³/mol. The van der Waals surface area contributed by atoms with E-state index in [1.165, 1.54) is 0 Å². The number of aryl methyl sites for hydroxylation is 1. The maximum atomic E-state index is 8.56. The van der Waals surface area contributed by atoms with E-state index in [2.05, 4.69) is 16.0 Å². The molecule has 0 radical (unpaired) electrons. The van der Waals surface area contributed by atoms with Crippen molar-refractivity contribution in [2.75, 3.05) is 0 Å². The van der Waals surface area contributed by atoms with E-state index in [9.17, 15) is 0 Å². The van der Waals surface area contributed by atoms with Crippen molar-refractivity contribution in [1.29, 1.82) is 5.26 Å². The lowest BCUT2D eigenvalue weighted by atomic mass is 10.2. The second kappa shape index (κ2) is 2.87. The Morgan fingerprint density at radius 3 is 3.15 bits per heavy atom. The van der Waals surface area contributed by atoms with Crippen molar-refractivity contribution in [2.45, 2.75) is 6.42 Å². The zero-order valence-corrected chi connectivity index (χ0v) is 7.23. The van der Waals surface area contributed by atoms with Crippen LogP contribution in [0.2, 0.25) is 0 Å². The standard InChI is InChI=1S/C9H8N4/c1-13-6-12-9-7(2-4-10)11-5-3-8(9)13/h3,5-6H,2H2,1H3. The summed E-state index contributed by atoms with van der Waals surface area (Å²) in [6, 6.07) is 3.97. The Bertz CT molecular complexity index is 478. The lowest BCUT2D eigenvalue weighted by molar-refractivity contribution is 0.947. The Balaban J connectivity index is 2.71. The van der Waals surface area contributed by atoms with Crippen molar-refractivity contribution in [2.24, 2.45) is 7.05 Å². The summed E-state index contributed by atoms with van der Waals surface area (Å²) in [6.45, 7) is 0. The molecule has 2 aromatic heterocycles. The monoisotopic (exact) mass is 172 g/mol. The molecule has 2 aromatic rings. The molecule has 2 heterocycles. The summed E-state index contributed by atoms with van der Waals surface area (Å²) in [5.74, 6) is 0. The maximum Gasteiger partial charge on any atom is 0.111 e. The van der Waals surface area contributed by atoms with Crippen molar-refractivity contribution in [1.82, 2.24) is 14.5 Å². The molecule has 4 heteroatoms. The van der Waals surface area contributed by atoms with Crippen LogP contribution in [0.1, 0.15) is 5.69 Å². The molecule has 0 unspecified atom stereocenters. The number of nitriles is 1. The molecule has 0 saturated carbocycles. The first kappa shape index (κ1) is 7.74. The van der Waals surface area contributed by atoms with Gasteiger partial charge in [-0.2, -0.15) is 5.26 Å². The van der Waals surface area contributed by atoms with E-state index in [1.807, 2.05) is 17.7 Å². The van der Waals surface area contributed by atoms with Gasteiger partial charge in [0.15, 0.2) is 0 Å². The average Bonchev–Trinajstić information content (AvgIpc) is 2.50. The third-order valence-corrected chi connectivity index (χ3v) is 1.97. The number of hydrogen-bond donors (Lipinski definition) is 0. The summed E-state index contributed by atoms with van der Waals surface area (Å²) < 4.78 is 1.91. The number of aromatic nitrogens is 3. The van der Waals surface area contributed by atoms with Gasteiger partial charge in [-0.1, -0.05) is 0 Å². The molecule has 0 atom stereocenters. The van der Waals surface area contributed by atoms with E-state index in [-0.39, 0.29) is 0 Å². The number of imidazole rings is 1. The van der Waals surface area contributed by atoms with E-state index in [1.54, 1.807) is 12.5 Å². The molecule has 0 N–H and O–H groups in total. The average molecular weight is 172 g/mol. The SMILES string of the molecule is Cn1cnc2c(CC#N)nccc21. The van der Waals surface area contributed by atoms with E-state index in [4.69, 9.17) is 5.26 Å². The quantitative estimate of drug-likeness (QED) is 0.645. The van der Waals surface area contributed by atoms with Gasteiger partial charge >= 0.3 is 0 Å². The van der Waals surface area contributed by atoms with Crippen LogP contribution in [0.3, 0.4) is 0 Å². The molecular weight excluding hydrogens is 164 g/mol. The van der Waals surface area contributed by atoms with E-state index in [0.29, 0.717) is 6.42 Å². The number of pyridine rings is 1. The van der Waals surface area contributed by atoms with E-state index < -0.39 is 0 Å². The molecule has 4 nitrogen and oxygen atoms in total. The number of rotatable bonds is 1. The Morgan fingerprint density at radius 2 is 2.38 bits per heavy atom.